The van der Waals surface area contributed by atoms with Gasteiger partial charge in [0.2, 0.25) is 5.91 Å². The van der Waals surface area contributed by atoms with Crippen LogP contribution in [0.25, 0.3) is 11.3 Å². The summed E-state index contributed by atoms with van der Waals surface area (Å²) < 4.78 is 6.05. The molecular weight excluding hydrogens is 372 g/mol. The van der Waals surface area contributed by atoms with Crippen LogP contribution in [0.15, 0.2) is 65.7 Å². The summed E-state index contributed by atoms with van der Waals surface area (Å²) in [5.74, 6) is -0.790. The molecule has 0 bridgehead atoms. The fraction of sp³-hybridized carbons (Fsp3) is 0.190. The zero-order valence-electron chi connectivity index (χ0n) is 15.9. The first-order valence-corrected chi connectivity index (χ1v) is 9.04. The van der Waals surface area contributed by atoms with E-state index in [-0.39, 0.29) is 23.5 Å². The number of aromatic nitrogens is 3. The Kier molecular flexibility index (Phi) is 6.47. The molecule has 1 N–H and O–H groups in total. The molecule has 1 aromatic carbocycles. The minimum atomic E-state index is -0.524. The number of esters is 1. The molecule has 0 unspecified atom stereocenters. The highest BCUT2D eigenvalue weighted by Crippen LogP contribution is 2.17. The molecule has 0 aliphatic heterocycles. The lowest BCUT2D eigenvalue weighted by molar-refractivity contribution is -0.116. The predicted molar refractivity (Wildman–Crippen MR) is 107 cm³/mol. The maximum absolute atomic E-state index is 12.3. The van der Waals surface area contributed by atoms with Crippen molar-refractivity contribution in [3.63, 3.8) is 0 Å². The fourth-order valence-electron chi connectivity index (χ4n) is 2.76. The highest BCUT2D eigenvalue weighted by atomic mass is 16.5. The van der Waals surface area contributed by atoms with Gasteiger partial charge in [-0.2, -0.15) is 5.10 Å². The molecule has 0 spiro atoms. The van der Waals surface area contributed by atoms with E-state index in [1.54, 1.807) is 48.8 Å². The van der Waals surface area contributed by atoms with Crippen molar-refractivity contribution in [2.45, 2.75) is 19.4 Å². The molecule has 1 amide bonds. The first-order valence-electron chi connectivity index (χ1n) is 9.04. The third-order valence-corrected chi connectivity index (χ3v) is 4.20. The van der Waals surface area contributed by atoms with Crippen molar-refractivity contribution in [1.82, 2.24) is 14.8 Å². The number of aryl methyl sites for hydroxylation is 1. The number of carbonyl (C=O) groups excluding carboxylic acids is 2. The van der Waals surface area contributed by atoms with Crippen LogP contribution in [0, 0.1) is 0 Å². The molecule has 0 atom stereocenters. The van der Waals surface area contributed by atoms with Crippen molar-refractivity contribution in [3.05, 3.63) is 76.8 Å². The number of nitrogens with one attached hydrogen (secondary N) is 1. The van der Waals surface area contributed by atoms with Gasteiger partial charge in [0.15, 0.2) is 0 Å². The fourth-order valence-corrected chi connectivity index (χ4v) is 2.76. The molecule has 3 rings (SSSR count). The molecule has 0 aliphatic rings. The monoisotopic (exact) mass is 392 g/mol. The standard InChI is InChI=1S/C21H20N4O4/c1-29-21(28)16-7-2-3-8-18(16)23-19(26)9-5-13-25-20(27)11-10-17(24-25)15-6-4-12-22-14-15/h2-4,6-8,10-12,14H,5,9,13H2,1H3,(H,23,26). The molecule has 29 heavy (non-hydrogen) atoms. The number of methoxy groups -OCH3 is 1. The van der Waals surface area contributed by atoms with Crippen molar-refractivity contribution >= 4 is 17.6 Å². The van der Waals surface area contributed by atoms with Crippen LogP contribution in [0.3, 0.4) is 0 Å². The van der Waals surface area contributed by atoms with Crippen LogP contribution in [0.1, 0.15) is 23.2 Å². The lowest BCUT2D eigenvalue weighted by Gasteiger charge is -2.10. The number of carbonyl (C=O) groups is 2. The molecule has 8 heteroatoms. The molecule has 2 heterocycles. The first-order chi connectivity index (χ1) is 14.1. The second-order valence-electron chi connectivity index (χ2n) is 6.21. The van der Waals surface area contributed by atoms with Crippen LogP contribution in [-0.4, -0.2) is 33.8 Å². The van der Waals surface area contributed by atoms with Gasteiger partial charge in [0.1, 0.15) is 0 Å². The number of rotatable bonds is 7. The second-order valence-corrected chi connectivity index (χ2v) is 6.21. The summed E-state index contributed by atoms with van der Waals surface area (Å²) in [5.41, 5.74) is 1.87. The second kappa shape index (κ2) is 9.41. The van der Waals surface area contributed by atoms with Gasteiger partial charge in [0.25, 0.3) is 5.56 Å². The number of anilines is 1. The number of amides is 1. The van der Waals surface area contributed by atoms with Gasteiger partial charge in [-0.15, -0.1) is 0 Å². The zero-order chi connectivity index (χ0) is 20.6. The van der Waals surface area contributed by atoms with E-state index in [1.165, 1.54) is 17.9 Å². The smallest absolute Gasteiger partial charge is 0.339 e. The molecule has 0 aliphatic carbocycles. The molecule has 8 nitrogen and oxygen atoms in total. The van der Waals surface area contributed by atoms with Gasteiger partial charge in [-0.1, -0.05) is 12.1 Å². The Morgan fingerprint density at radius 2 is 1.93 bits per heavy atom. The summed E-state index contributed by atoms with van der Waals surface area (Å²) in [6, 6.07) is 13.4. The van der Waals surface area contributed by atoms with Crippen LogP contribution < -0.4 is 10.9 Å². The lowest BCUT2D eigenvalue weighted by atomic mass is 10.1. The van der Waals surface area contributed by atoms with Crippen LogP contribution in [0.4, 0.5) is 5.69 Å². The third-order valence-electron chi connectivity index (χ3n) is 4.20. The van der Waals surface area contributed by atoms with E-state index in [0.29, 0.717) is 24.3 Å². The number of hydrogen-bond donors (Lipinski definition) is 1. The molecule has 0 saturated carbocycles. The number of para-hydroxylation sites is 1. The van der Waals surface area contributed by atoms with E-state index in [0.717, 1.165) is 5.56 Å². The van der Waals surface area contributed by atoms with Crippen LogP contribution >= 0.6 is 0 Å². The summed E-state index contributed by atoms with van der Waals surface area (Å²) in [6.45, 7) is 0.291. The van der Waals surface area contributed by atoms with E-state index in [4.69, 9.17) is 4.74 Å². The Balaban J connectivity index is 1.61. The van der Waals surface area contributed by atoms with Crippen LogP contribution in [0.2, 0.25) is 0 Å². The van der Waals surface area contributed by atoms with Gasteiger partial charge in [0.05, 0.1) is 24.1 Å². The Morgan fingerprint density at radius 3 is 2.69 bits per heavy atom. The minimum absolute atomic E-state index is 0.167. The van der Waals surface area contributed by atoms with Gasteiger partial charge in [-0.05, 0) is 36.8 Å². The van der Waals surface area contributed by atoms with Crippen LogP contribution in [-0.2, 0) is 16.1 Å². The molecule has 148 valence electrons. The average molecular weight is 392 g/mol. The van der Waals surface area contributed by atoms with Crippen molar-refractivity contribution in [2.24, 2.45) is 0 Å². The Morgan fingerprint density at radius 1 is 1.10 bits per heavy atom. The van der Waals surface area contributed by atoms with Crippen LogP contribution in [0.5, 0.6) is 0 Å². The van der Waals surface area contributed by atoms with Crippen molar-refractivity contribution in [2.75, 3.05) is 12.4 Å². The molecule has 2 aromatic heterocycles. The number of benzene rings is 1. The molecule has 0 fully saturated rings. The summed E-state index contributed by atoms with van der Waals surface area (Å²) >= 11 is 0. The first kappa shape index (κ1) is 19.9. The Bertz CT molecular complexity index is 1060. The zero-order valence-corrected chi connectivity index (χ0v) is 15.9. The predicted octanol–water partition coefficient (Wildman–Crippen LogP) is 2.51. The summed E-state index contributed by atoms with van der Waals surface area (Å²) in [7, 11) is 1.28. The quantitative estimate of drug-likeness (QED) is 0.620. The molecule has 3 aromatic rings. The number of ether oxygens (including phenoxy) is 1. The third kappa shape index (κ3) is 5.13. The summed E-state index contributed by atoms with van der Waals surface area (Å²) in [5, 5.41) is 7.05. The Labute approximate surface area is 167 Å². The lowest BCUT2D eigenvalue weighted by Crippen LogP contribution is -2.23. The number of hydrogen-bond acceptors (Lipinski definition) is 6. The van der Waals surface area contributed by atoms with Gasteiger partial charge in [-0.3, -0.25) is 14.6 Å². The van der Waals surface area contributed by atoms with E-state index in [1.807, 2.05) is 6.07 Å². The van der Waals surface area contributed by atoms with Crippen molar-refractivity contribution in [1.29, 1.82) is 0 Å². The van der Waals surface area contributed by atoms with E-state index in [2.05, 4.69) is 15.4 Å². The van der Waals surface area contributed by atoms with Crippen molar-refractivity contribution in [3.8, 4) is 11.3 Å². The molecule has 0 radical (unpaired) electrons. The van der Waals surface area contributed by atoms with Gasteiger partial charge in [0, 0.05) is 37.0 Å². The number of nitrogens with zero attached hydrogens (tertiary/aromatic N) is 3. The topological polar surface area (TPSA) is 103 Å². The maximum Gasteiger partial charge on any atom is 0.339 e. The Hall–Kier alpha value is -3.81. The SMILES string of the molecule is COC(=O)c1ccccc1NC(=O)CCCn1nc(-c2cccnc2)ccc1=O. The highest BCUT2D eigenvalue weighted by Gasteiger charge is 2.13. The van der Waals surface area contributed by atoms with E-state index >= 15 is 0 Å². The summed E-state index contributed by atoms with van der Waals surface area (Å²) in [4.78, 5) is 40.1. The van der Waals surface area contributed by atoms with E-state index < -0.39 is 5.97 Å². The maximum atomic E-state index is 12.3. The van der Waals surface area contributed by atoms with Gasteiger partial charge < -0.3 is 10.1 Å². The largest absolute Gasteiger partial charge is 0.465 e. The number of pyridine rings is 1. The average Bonchev–Trinajstić information content (AvgIpc) is 2.75. The molecule has 0 saturated heterocycles. The summed E-state index contributed by atoms with van der Waals surface area (Å²) in [6.07, 6.45) is 3.91. The van der Waals surface area contributed by atoms with Gasteiger partial charge >= 0.3 is 5.97 Å². The molecular formula is C21H20N4O4. The van der Waals surface area contributed by atoms with Gasteiger partial charge in [-0.25, -0.2) is 9.48 Å². The minimum Gasteiger partial charge on any atom is -0.465 e. The van der Waals surface area contributed by atoms with Crippen molar-refractivity contribution < 1.29 is 14.3 Å². The van der Waals surface area contributed by atoms with E-state index in [9.17, 15) is 14.4 Å². The normalized spacial score (nSPS) is 10.4. The highest BCUT2D eigenvalue weighted by molar-refractivity contribution is 6.01.